The molecule has 0 bridgehead atoms. The topological polar surface area (TPSA) is 143 Å². The molecule has 0 aliphatic carbocycles. The highest BCUT2D eigenvalue weighted by Gasteiger charge is 2.30. The minimum Gasteiger partial charge on any atom is -0.481 e. The lowest BCUT2D eigenvalue weighted by molar-refractivity contribution is -0.153. The van der Waals surface area contributed by atoms with E-state index in [1.165, 1.54) is 38.3 Å². The third kappa shape index (κ3) is 5.67. The van der Waals surface area contributed by atoms with Gasteiger partial charge in [-0.25, -0.2) is 9.78 Å². The van der Waals surface area contributed by atoms with Gasteiger partial charge in [-0.2, -0.15) is 18.3 Å². The zero-order valence-electron chi connectivity index (χ0n) is 21.5. The first-order valence-electron chi connectivity index (χ1n) is 12.2. The Balaban J connectivity index is 1.82. The quantitative estimate of drug-likeness (QED) is 0.230. The van der Waals surface area contributed by atoms with E-state index in [4.69, 9.17) is 9.84 Å². The molecule has 0 amide bonds. The number of rotatable bonds is 10. The zero-order valence-corrected chi connectivity index (χ0v) is 21.5. The summed E-state index contributed by atoms with van der Waals surface area (Å²) >= 11 is 0. The van der Waals surface area contributed by atoms with Crippen molar-refractivity contribution in [2.45, 2.75) is 59.2 Å². The van der Waals surface area contributed by atoms with E-state index in [-0.39, 0.29) is 36.6 Å². The third-order valence-corrected chi connectivity index (χ3v) is 6.02. The molecule has 12 nitrogen and oxygen atoms in total. The predicted octanol–water partition coefficient (Wildman–Crippen LogP) is 2.70. The smallest absolute Gasteiger partial charge is 0.416 e. The van der Waals surface area contributed by atoms with Crippen molar-refractivity contribution in [1.82, 2.24) is 28.5 Å². The van der Waals surface area contributed by atoms with Crippen molar-refractivity contribution in [3.8, 4) is 11.4 Å². The lowest BCUT2D eigenvalue weighted by atomic mass is 10.1. The molecule has 0 radical (unpaired) electrons. The fourth-order valence-corrected chi connectivity index (χ4v) is 4.25. The van der Waals surface area contributed by atoms with Crippen molar-refractivity contribution in [3.63, 3.8) is 0 Å². The molecule has 4 rings (SSSR count). The standard InChI is InChI=1S/C25H25F3N6O6/c1-3-8-33-23(38)20-22(32(4-2)24(33)39)30-21(34(20)14-40-19(37)10-18(35)36)16-11-29-31(13-16)12-15-6-5-7-17(9-15)25(26,27)28/h5-7,9,11,13H,3-4,8,10,12,14H2,1-2H3,(H,35,36). The van der Waals surface area contributed by atoms with Gasteiger partial charge < -0.3 is 9.84 Å². The minimum absolute atomic E-state index is 0.0132. The number of aliphatic carboxylic acids is 1. The van der Waals surface area contributed by atoms with Crippen molar-refractivity contribution in [1.29, 1.82) is 0 Å². The van der Waals surface area contributed by atoms with Crippen molar-refractivity contribution >= 4 is 23.1 Å². The maximum absolute atomic E-state index is 13.4. The number of fused-ring (bicyclic) bond motifs is 1. The Morgan fingerprint density at radius 1 is 1.10 bits per heavy atom. The number of halogens is 3. The third-order valence-electron chi connectivity index (χ3n) is 6.02. The average molecular weight is 563 g/mol. The normalized spacial score (nSPS) is 11.7. The van der Waals surface area contributed by atoms with Crippen molar-refractivity contribution in [2.24, 2.45) is 0 Å². The predicted molar refractivity (Wildman–Crippen MR) is 134 cm³/mol. The number of benzene rings is 1. The van der Waals surface area contributed by atoms with Gasteiger partial charge in [-0.15, -0.1) is 0 Å². The molecule has 1 aromatic carbocycles. The number of nitrogens with zero attached hydrogens (tertiary/aromatic N) is 6. The van der Waals surface area contributed by atoms with Crippen LogP contribution < -0.4 is 11.2 Å². The van der Waals surface area contributed by atoms with Crippen LogP contribution in [-0.4, -0.2) is 45.5 Å². The Morgan fingerprint density at radius 3 is 2.50 bits per heavy atom. The van der Waals surface area contributed by atoms with Crippen molar-refractivity contribution < 1.29 is 32.6 Å². The number of carbonyl (C=O) groups excluding carboxylic acids is 1. The van der Waals surface area contributed by atoms with Gasteiger partial charge in [0.1, 0.15) is 12.2 Å². The van der Waals surface area contributed by atoms with E-state index in [9.17, 15) is 32.3 Å². The van der Waals surface area contributed by atoms with E-state index in [1.807, 2.05) is 0 Å². The number of carboxylic acid groups (broad SMARTS) is 1. The molecule has 4 aromatic rings. The van der Waals surface area contributed by atoms with E-state index >= 15 is 0 Å². The molecule has 0 aliphatic heterocycles. The summed E-state index contributed by atoms with van der Waals surface area (Å²) in [6, 6.07) is 4.78. The number of hydrogen-bond acceptors (Lipinski definition) is 7. The molecule has 40 heavy (non-hydrogen) atoms. The lowest BCUT2D eigenvalue weighted by Crippen LogP contribution is -2.40. The van der Waals surface area contributed by atoms with Crippen LogP contribution in [0.4, 0.5) is 13.2 Å². The summed E-state index contributed by atoms with van der Waals surface area (Å²) < 4.78 is 49.4. The number of aromatic nitrogens is 6. The van der Waals surface area contributed by atoms with E-state index in [0.717, 1.165) is 16.7 Å². The fourth-order valence-electron chi connectivity index (χ4n) is 4.25. The first kappa shape index (κ1) is 28.3. The molecule has 3 aromatic heterocycles. The van der Waals surface area contributed by atoms with Gasteiger partial charge in [0.2, 0.25) is 0 Å². The van der Waals surface area contributed by atoms with Crippen LogP contribution in [0.1, 0.15) is 37.8 Å². The Morgan fingerprint density at radius 2 is 1.85 bits per heavy atom. The summed E-state index contributed by atoms with van der Waals surface area (Å²) in [5.74, 6) is -2.37. The van der Waals surface area contributed by atoms with Crippen molar-refractivity contribution in [2.75, 3.05) is 0 Å². The number of ether oxygens (including phenoxy) is 1. The summed E-state index contributed by atoms with van der Waals surface area (Å²) in [7, 11) is 0. The van der Waals surface area contributed by atoms with Crippen molar-refractivity contribution in [3.05, 3.63) is 68.6 Å². The molecule has 0 saturated heterocycles. The highest BCUT2D eigenvalue weighted by Crippen LogP contribution is 2.30. The molecule has 0 aliphatic rings. The second kappa shape index (κ2) is 11.2. The molecule has 212 valence electrons. The average Bonchev–Trinajstić information content (AvgIpc) is 3.49. The van der Waals surface area contributed by atoms with Gasteiger partial charge in [-0.3, -0.25) is 32.8 Å². The summed E-state index contributed by atoms with van der Waals surface area (Å²) in [4.78, 5) is 53.8. The first-order valence-corrected chi connectivity index (χ1v) is 12.2. The molecule has 15 heteroatoms. The van der Waals surface area contributed by atoms with Crippen LogP contribution in [0.25, 0.3) is 22.6 Å². The monoisotopic (exact) mass is 562 g/mol. The molecule has 3 heterocycles. The Hall–Kier alpha value is -4.69. The number of carboxylic acids is 1. The van der Waals surface area contributed by atoms with Gasteiger partial charge >= 0.3 is 23.8 Å². The fraction of sp³-hybridized carbons (Fsp3) is 0.360. The van der Waals surface area contributed by atoms with Crippen LogP contribution in [0.15, 0.2) is 46.2 Å². The molecule has 1 N–H and O–H groups in total. The largest absolute Gasteiger partial charge is 0.481 e. The van der Waals surface area contributed by atoms with Crippen LogP contribution in [0.3, 0.4) is 0 Å². The summed E-state index contributed by atoms with van der Waals surface area (Å²) in [6.45, 7) is 3.19. The summed E-state index contributed by atoms with van der Waals surface area (Å²) in [6.07, 6.45) is -2.08. The number of esters is 1. The van der Waals surface area contributed by atoms with Gasteiger partial charge in [0.15, 0.2) is 17.9 Å². The Kier molecular flexibility index (Phi) is 7.93. The molecule has 0 saturated carbocycles. The van der Waals surface area contributed by atoms with Crippen LogP contribution in [-0.2, 0) is 46.9 Å². The van der Waals surface area contributed by atoms with E-state index in [1.54, 1.807) is 13.8 Å². The van der Waals surface area contributed by atoms with E-state index < -0.39 is 48.1 Å². The van der Waals surface area contributed by atoms with Crippen LogP contribution >= 0.6 is 0 Å². The van der Waals surface area contributed by atoms with Crippen LogP contribution in [0.5, 0.6) is 0 Å². The molecular formula is C25H25F3N6O6. The maximum Gasteiger partial charge on any atom is 0.416 e. The molecule has 0 spiro atoms. The maximum atomic E-state index is 13.4. The van der Waals surface area contributed by atoms with Crippen LogP contribution in [0.2, 0.25) is 0 Å². The van der Waals surface area contributed by atoms with Gasteiger partial charge in [-0.1, -0.05) is 19.1 Å². The van der Waals surface area contributed by atoms with E-state index in [2.05, 4.69) is 10.1 Å². The van der Waals surface area contributed by atoms with Crippen LogP contribution in [0, 0.1) is 0 Å². The molecule has 0 fully saturated rings. The SMILES string of the molecule is CCCn1c(=O)c2c(nc(-c3cnn(Cc4cccc(C(F)(F)F)c4)c3)n2COC(=O)CC(=O)O)n(CC)c1=O. The summed E-state index contributed by atoms with van der Waals surface area (Å²) in [5, 5.41) is 13.1. The molecule has 0 atom stereocenters. The number of alkyl halides is 3. The molecular weight excluding hydrogens is 537 g/mol. The van der Waals surface area contributed by atoms with Gasteiger partial charge in [0.05, 0.1) is 23.9 Å². The van der Waals surface area contributed by atoms with Gasteiger partial charge in [0, 0.05) is 19.3 Å². The lowest BCUT2D eigenvalue weighted by Gasteiger charge is -2.11. The highest BCUT2D eigenvalue weighted by molar-refractivity contribution is 5.90. The first-order chi connectivity index (χ1) is 18.9. The van der Waals surface area contributed by atoms with Gasteiger partial charge in [-0.05, 0) is 31.0 Å². The number of hydrogen-bond donors (Lipinski definition) is 1. The second-order valence-electron chi connectivity index (χ2n) is 8.86. The number of imidazole rings is 1. The zero-order chi connectivity index (χ0) is 29.2. The second-order valence-corrected chi connectivity index (χ2v) is 8.86. The number of aryl methyl sites for hydroxylation is 1. The Bertz CT molecular complexity index is 1700. The molecule has 0 unspecified atom stereocenters. The Labute approximate surface area is 223 Å². The van der Waals surface area contributed by atoms with E-state index in [0.29, 0.717) is 17.5 Å². The summed E-state index contributed by atoms with van der Waals surface area (Å²) in [5.41, 5.74) is -1.41. The highest BCUT2D eigenvalue weighted by atomic mass is 19.4. The van der Waals surface area contributed by atoms with Gasteiger partial charge in [0.25, 0.3) is 5.56 Å². The number of carbonyl (C=O) groups is 2. The minimum atomic E-state index is -4.51.